The Bertz CT molecular complexity index is 4180. The van der Waals surface area contributed by atoms with Gasteiger partial charge in [0, 0.05) is 61.2 Å². The quantitative estimate of drug-likeness (QED) is 0.0245. The SMILES string of the molecule is CC(=O)NC1C(O[C@@H](CC2CCCCC2)C(=O)N2CCC2)[C@@H](O)[C@H](CO)O[C@H]1O[C@@H]1CC(C(=O)CCCNC(=O)[C@H]2CC(OCc3cc4ccccc4oc3=O)C(O)[C@H](O[C@@H]3OC(CO)[C@H](O)C(OCc4cc5ccccc5oc4=O)[C@H]3O)C2)CC(n2cc(-c3ccccc3)nn2)[C@H]1O[C@@H]1OC(C)[C@@H](O)[C@H](O)C1O. The highest BCUT2D eigenvalue weighted by molar-refractivity contribution is 5.83. The van der Waals surface area contributed by atoms with Crippen LogP contribution in [0.15, 0.2) is 116 Å². The van der Waals surface area contributed by atoms with E-state index in [1.54, 1.807) is 71.8 Å². The Morgan fingerprint density at radius 1 is 0.615 bits per heavy atom. The van der Waals surface area contributed by atoms with Gasteiger partial charge in [0.15, 0.2) is 18.9 Å². The Morgan fingerprint density at radius 2 is 1.22 bits per heavy atom. The van der Waals surface area contributed by atoms with Crippen molar-refractivity contribution < 1.29 is 117 Å². The molecule has 0 bridgehead atoms. The summed E-state index contributed by atoms with van der Waals surface area (Å²) in [5.74, 6) is -3.65. The molecule has 11 N–H and O–H groups in total. The summed E-state index contributed by atoms with van der Waals surface area (Å²) >= 11 is 0. The first kappa shape index (κ1) is 79.7. The first-order chi connectivity index (χ1) is 52.6. The van der Waals surface area contributed by atoms with Crippen molar-refractivity contribution in [2.24, 2.45) is 17.8 Å². The third-order valence-electron chi connectivity index (χ3n) is 22.3. The summed E-state index contributed by atoms with van der Waals surface area (Å²) in [6.07, 6.45) is -23.4. The van der Waals surface area contributed by atoms with Gasteiger partial charge in [-0.15, -0.1) is 5.10 Å². The molecule has 109 heavy (non-hydrogen) atoms. The number of aliphatic hydroxyl groups is 9. The summed E-state index contributed by atoms with van der Waals surface area (Å²) in [6, 6.07) is 23.4. The van der Waals surface area contributed by atoms with Crippen LogP contribution in [0.4, 0.5) is 0 Å². The first-order valence-corrected chi connectivity index (χ1v) is 37.8. The maximum Gasteiger partial charge on any atom is 0.341 e. The van der Waals surface area contributed by atoms with E-state index in [2.05, 4.69) is 20.9 Å². The minimum atomic E-state index is -1.84. The molecule has 3 aromatic heterocycles. The molecule has 4 aliphatic heterocycles. The fourth-order valence-corrected chi connectivity index (χ4v) is 16.1. The minimum Gasteiger partial charge on any atom is -0.422 e. The van der Waals surface area contributed by atoms with E-state index in [-0.39, 0.29) is 80.4 Å². The molecule has 0 radical (unpaired) electrons. The molecule has 7 aliphatic rings. The van der Waals surface area contributed by atoms with Crippen LogP contribution in [-0.2, 0) is 75.0 Å². The molecule has 10 unspecified atom stereocenters. The van der Waals surface area contributed by atoms with Crippen molar-refractivity contribution in [1.82, 2.24) is 30.5 Å². The number of hydrogen-bond donors (Lipinski definition) is 11. The van der Waals surface area contributed by atoms with Gasteiger partial charge >= 0.3 is 11.3 Å². The summed E-state index contributed by atoms with van der Waals surface area (Å²) in [4.78, 5) is 85.7. The molecule has 32 heteroatoms. The van der Waals surface area contributed by atoms with Crippen molar-refractivity contribution in [2.75, 3.05) is 32.8 Å². The number of hydrogen-bond acceptors (Lipinski definition) is 28. The zero-order valence-electron chi connectivity index (χ0n) is 60.6. The van der Waals surface area contributed by atoms with E-state index in [4.69, 9.17) is 51.5 Å². The summed E-state index contributed by atoms with van der Waals surface area (Å²) in [7, 11) is 0. The van der Waals surface area contributed by atoms with Crippen LogP contribution in [0, 0.1) is 17.8 Å². The van der Waals surface area contributed by atoms with Gasteiger partial charge in [-0.2, -0.15) is 0 Å². The Balaban J connectivity index is 0.753. The van der Waals surface area contributed by atoms with Crippen LogP contribution >= 0.6 is 0 Å². The van der Waals surface area contributed by atoms with E-state index in [0.717, 1.165) is 38.5 Å². The number of nitrogens with one attached hydrogen (secondary N) is 2. The van der Waals surface area contributed by atoms with Gasteiger partial charge in [0.25, 0.3) is 5.91 Å². The standard InChI is InChI=1S/C77H98N6O26/c1-39-61(88)65(92)66(93)76(101-39)109-68-50(83-34-49(80-81-83)42-17-7-4-8-18-42)30-45(31-56(68)106-75-60(79-40(2)86)69(63(90)58(35-84)107-75)102-57(72(96)82-25-14-26-82)27-41-15-5-3-6-16-41)51(87)21-13-24-78-71(95)46-32-54(99-37-47-28-43-19-9-11-22-52(43)103-73(47)97)62(89)55(33-46)105-77-67(94)70(64(91)59(36-85)108-77)100-38-48-29-44-20-10-12-23-53(44)104-74(48)98/h4,7-12,17-20,22-23,28-29,34,39,41,45-46,50,54-70,75-77,84-85,88-94H,3,5-6,13-16,21,24-27,30-33,35-38H2,1-2H3,(H,78,95)(H,79,86)/t39?,45?,46-,50?,54?,55+,56+,57-,58-,59?,60?,61+,62?,63-,64-,65-,66?,67+,68+,69?,70?,75+,76-,77+/m0/s1. The van der Waals surface area contributed by atoms with Crippen molar-refractivity contribution in [3.63, 3.8) is 0 Å². The number of ether oxygens (including phenoxy) is 9. The van der Waals surface area contributed by atoms with E-state index in [0.29, 0.717) is 52.7 Å². The Morgan fingerprint density at radius 3 is 1.87 bits per heavy atom. The average molecular weight is 1520 g/mol. The van der Waals surface area contributed by atoms with E-state index >= 15 is 4.79 Å². The van der Waals surface area contributed by atoms with Crippen LogP contribution in [0.5, 0.6) is 0 Å². The van der Waals surface area contributed by atoms with Crippen molar-refractivity contribution in [2.45, 2.75) is 245 Å². The van der Waals surface area contributed by atoms with Gasteiger partial charge in [-0.3, -0.25) is 19.2 Å². The van der Waals surface area contributed by atoms with Crippen molar-refractivity contribution in [3.8, 4) is 11.3 Å². The number of amides is 3. The topological polar surface area (TPSA) is 452 Å². The highest BCUT2D eigenvalue weighted by atomic mass is 16.7. The van der Waals surface area contributed by atoms with Crippen LogP contribution in [0.3, 0.4) is 0 Å². The van der Waals surface area contributed by atoms with Gasteiger partial charge < -0.3 is 113 Å². The van der Waals surface area contributed by atoms with Gasteiger partial charge in [0.2, 0.25) is 11.8 Å². The number of aromatic nitrogens is 3. The number of benzene rings is 3. The summed E-state index contributed by atoms with van der Waals surface area (Å²) in [5, 5.41) is 118. The lowest BCUT2D eigenvalue weighted by Crippen LogP contribution is -2.67. The Kier molecular flexibility index (Phi) is 26.3. The van der Waals surface area contributed by atoms with E-state index in [1.165, 1.54) is 18.5 Å². The third-order valence-corrected chi connectivity index (χ3v) is 22.3. The molecule has 3 saturated carbocycles. The van der Waals surface area contributed by atoms with Crippen molar-refractivity contribution in [1.29, 1.82) is 0 Å². The normalized spacial score (nSPS) is 33.5. The number of aliphatic hydroxyl groups excluding tert-OH is 9. The maximum atomic E-state index is 15.2. The van der Waals surface area contributed by atoms with E-state index in [1.807, 2.05) is 30.3 Å². The number of ketones is 1. The lowest BCUT2D eigenvalue weighted by molar-refractivity contribution is -0.337. The molecule has 7 heterocycles. The van der Waals surface area contributed by atoms with Crippen LogP contribution < -0.4 is 21.9 Å². The lowest BCUT2D eigenvalue weighted by Gasteiger charge is -2.49. The number of nitrogens with zero attached hydrogens (tertiary/aromatic N) is 4. The fourth-order valence-electron chi connectivity index (χ4n) is 16.1. The third kappa shape index (κ3) is 18.4. The predicted molar refractivity (Wildman–Crippen MR) is 380 cm³/mol. The number of carbonyl (C=O) groups excluding carboxylic acids is 4. The second kappa shape index (κ2) is 35.9. The largest absolute Gasteiger partial charge is 0.422 e. The molecule has 4 saturated heterocycles. The summed E-state index contributed by atoms with van der Waals surface area (Å²) in [6.45, 7) is 1.22. The average Bonchev–Trinajstić information content (AvgIpc) is 1.59. The monoisotopic (exact) mass is 1520 g/mol. The zero-order valence-corrected chi connectivity index (χ0v) is 60.6. The van der Waals surface area contributed by atoms with Gasteiger partial charge in [-0.25, -0.2) is 14.3 Å². The van der Waals surface area contributed by atoms with Crippen LogP contribution in [0.25, 0.3) is 33.2 Å². The van der Waals surface area contributed by atoms with Gasteiger partial charge in [-0.1, -0.05) is 104 Å². The van der Waals surface area contributed by atoms with Gasteiger partial charge in [0.05, 0.1) is 74.2 Å². The van der Waals surface area contributed by atoms with Gasteiger partial charge in [-0.05, 0) is 82.1 Å². The van der Waals surface area contributed by atoms with Crippen LogP contribution in [0.1, 0.15) is 114 Å². The molecular formula is C77H98N6O26. The summed E-state index contributed by atoms with van der Waals surface area (Å²) < 4.78 is 70.0. The Hall–Kier alpha value is -7.42. The van der Waals surface area contributed by atoms with E-state index in [9.17, 15) is 69.9 Å². The minimum absolute atomic E-state index is 0.0387. The molecule has 13 rings (SSSR count). The molecule has 592 valence electrons. The molecule has 3 aromatic carbocycles. The summed E-state index contributed by atoms with van der Waals surface area (Å²) in [5.41, 5.74) is 0.436. The molecule has 24 atom stereocenters. The molecule has 3 aliphatic carbocycles. The second-order valence-electron chi connectivity index (χ2n) is 29.8. The highest BCUT2D eigenvalue weighted by Crippen LogP contribution is 2.43. The van der Waals surface area contributed by atoms with Crippen molar-refractivity contribution in [3.05, 3.63) is 129 Å². The smallest absolute Gasteiger partial charge is 0.341 e. The zero-order chi connectivity index (χ0) is 76.7. The van der Waals surface area contributed by atoms with Crippen LogP contribution in [0.2, 0.25) is 0 Å². The number of carbonyl (C=O) groups is 4. The van der Waals surface area contributed by atoms with Crippen molar-refractivity contribution >= 4 is 45.4 Å². The van der Waals surface area contributed by atoms with E-state index < -0.39 is 189 Å². The number of Topliss-reactive ketones (excluding diaryl/α,β-unsaturated/α-hetero) is 1. The maximum absolute atomic E-state index is 15.2. The number of para-hydroxylation sites is 2. The number of rotatable bonds is 28. The second-order valence-corrected chi connectivity index (χ2v) is 29.8. The molecule has 0 spiro atoms. The van der Waals surface area contributed by atoms with Gasteiger partial charge in [0.1, 0.15) is 108 Å². The lowest BCUT2D eigenvalue weighted by atomic mass is 9.78. The highest BCUT2D eigenvalue weighted by Gasteiger charge is 2.55. The van der Waals surface area contributed by atoms with Crippen LogP contribution in [-0.4, -0.2) is 251 Å². The number of fused-ring (bicyclic) bond motifs is 2. The molecule has 7 fully saturated rings. The predicted octanol–water partition coefficient (Wildman–Crippen LogP) is 1.48. The molecule has 32 nitrogen and oxygen atoms in total. The molecule has 6 aromatic rings. The number of likely N-dealkylation sites (tertiary alicyclic amines) is 1. The molecular weight excluding hydrogens is 1420 g/mol. The Labute approximate surface area is 626 Å². The molecule has 3 amide bonds. The first-order valence-electron chi connectivity index (χ1n) is 37.8. The fraction of sp³-hybridized carbons (Fsp3) is 0.610.